The zero-order chi connectivity index (χ0) is 18.9. The maximum Gasteiger partial charge on any atom is 0.416 e. The van der Waals surface area contributed by atoms with Crippen molar-refractivity contribution in [2.24, 2.45) is 7.05 Å². The number of rotatable bonds is 4. The summed E-state index contributed by atoms with van der Waals surface area (Å²) < 4.78 is 45.4. The lowest BCUT2D eigenvalue weighted by Crippen LogP contribution is -2.24. The predicted octanol–water partition coefficient (Wildman–Crippen LogP) is 2.57. The molecule has 0 amide bonds. The Morgan fingerprint density at radius 3 is 2.40 bits per heavy atom. The second-order valence-electron chi connectivity index (χ2n) is 5.19. The van der Waals surface area contributed by atoms with Crippen LogP contribution in [0.1, 0.15) is 40.3 Å². The number of nitrogens with zero attached hydrogens (tertiary/aromatic N) is 2. The van der Waals surface area contributed by atoms with Gasteiger partial charge in [0.25, 0.3) is 5.56 Å². The molecule has 1 aromatic carbocycles. The van der Waals surface area contributed by atoms with Crippen LogP contribution in [0.5, 0.6) is 0 Å². The summed E-state index contributed by atoms with van der Waals surface area (Å²) in [6.07, 6.45) is -4.60. The molecule has 6 nitrogen and oxygen atoms in total. The summed E-state index contributed by atoms with van der Waals surface area (Å²) in [5, 5.41) is 0. The number of benzene rings is 1. The quantitative estimate of drug-likeness (QED) is 0.624. The van der Waals surface area contributed by atoms with E-state index in [1.54, 1.807) is 0 Å². The summed E-state index contributed by atoms with van der Waals surface area (Å²) >= 11 is 0. The molecule has 25 heavy (non-hydrogen) atoms. The van der Waals surface area contributed by atoms with Gasteiger partial charge in [-0.1, -0.05) is 6.07 Å². The molecule has 0 bridgehead atoms. The minimum absolute atomic E-state index is 0.0198. The van der Waals surface area contributed by atoms with Gasteiger partial charge < -0.3 is 4.74 Å². The van der Waals surface area contributed by atoms with Crippen molar-refractivity contribution in [2.45, 2.75) is 20.0 Å². The average Bonchev–Trinajstić information content (AvgIpc) is 2.78. The lowest BCUT2D eigenvalue weighted by Gasteiger charge is -2.11. The van der Waals surface area contributed by atoms with Gasteiger partial charge in [-0.3, -0.25) is 14.3 Å². The minimum Gasteiger partial charge on any atom is -0.462 e. The molecule has 0 atom stereocenters. The van der Waals surface area contributed by atoms with Crippen LogP contribution in [0.2, 0.25) is 0 Å². The van der Waals surface area contributed by atoms with E-state index in [0.29, 0.717) is 0 Å². The number of alkyl halides is 3. The van der Waals surface area contributed by atoms with E-state index < -0.39 is 34.6 Å². The summed E-state index contributed by atoms with van der Waals surface area (Å²) in [6.45, 7) is 2.65. The third-order valence-electron chi connectivity index (χ3n) is 3.50. The first-order valence-corrected chi connectivity index (χ1v) is 7.27. The van der Waals surface area contributed by atoms with Crippen molar-refractivity contribution in [1.29, 1.82) is 0 Å². The highest BCUT2D eigenvalue weighted by atomic mass is 19.4. The topological polar surface area (TPSA) is 70.3 Å². The van der Waals surface area contributed by atoms with E-state index in [0.717, 1.165) is 34.5 Å². The maximum absolute atomic E-state index is 12.9. The lowest BCUT2D eigenvalue weighted by molar-refractivity contribution is -0.137. The Kier molecular flexibility index (Phi) is 4.87. The second-order valence-corrected chi connectivity index (χ2v) is 5.19. The highest BCUT2D eigenvalue weighted by Gasteiger charge is 2.32. The van der Waals surface area contributed by atoms with Crippen molar-refractivity contribution in [1.82, 2.24) is 9.36 Å². The van der Waals surface area contributed by atoms with Gasteiger partial charge in [-0.15, -0.1) is 0 Å². The van der Waals surface area contributed by atoms with Crippen molar-refractivity contribution >= 4 is 11.8 Å². The number of esters is 1. The van der Waals surface area contributed by atoms with Crippen molar-refractivity contribution in [2.75, 3.05) is 6.61 Å². The van der Waals surface area contributed by atoms with Crippen LogP contribution in [0, 0.1) is 0 Å². The number of carbonyl (C=O) groups excluding carboxylic acids is 2. The van der Waals surface area contributed by atoms with E-state index in [4.69, 9.17) is 4.74 Å². The van der Waals surface area contributed by atoms with Crippen LogP contribution < -0.4 is 5.56 Å². The maximum atomic E-state index is 12.9. The Hall–Kier alpha value is -2.84. The largest absolute Gasteiger partial charge is 0.462 e. The molecule has 0 aliphatic rings. The average molecular weight is 356 g/mol. The number of carbonyl (C=O) groups is 2. The van der Waals surface area contributed by atoms with Crippen molar-refractivity contribution in [3.63, 3.8) is 0 Å². The number of ether oxygens (including phenoxy) is 1. The Bertz CT molecular complexity index is 894. The van der Waals surface area contributed by atoms with E-state index in [-0.39, 0.29) is 18.0 Å². The molecule has 0 spiro atoms. The standard InChI is InChI=1S/C16H15F3N2O4/c1-4-25-15(24)12-13(9(2)22)20(3)21(14(12)23)11-7-5-6-10(8-11)16(17,18)19/h5-8H,4H2,1-3H3. The van der Waals surface area contributed by atoms with Gasteiger partial charge in [-0.2, -0.15) is 13.2 Å². The van der Waals surface area contributed by atoms with Crippen molar-refractivity contribution in [3.05, 3.63) is 51.4 Å². The molecule has 0 radical (unpaired) electrons. The number of aromatic nitrogens is 2. The molecule has 0 unspecified atom stereocenters. The highest BCUT2D eigenvalue weighted by Crippen LogP contribution is 2.30. The third-order valence-corrected chi connectivity index (χ3v) is 3.50. The SMILES string of the molecule is CCOC(=O)c1c(C(C)=O)n(C)n(-c2cccc(C(F)(F)F)c2)c1=O. The monoisotopic (exact) mass is 356 g/mol. The van der Waals surface area contributed by atoms with Gasteiger partial charge in [0.2, 0.25) is 0 Å². The summed E-state index contributed by atoms with van der Waals surface area (Å²) in [7, 11) is 1.31. The predicted molar refractivity (Wildman–Crippen MR) is 82.0 cm³/mol. The summed E-state index contributed by atoms with van der Waals surface area (Å²) in [5.41, 5.74) is -2.75. The minimum atomic E-state index is -4.60. The molecule has 0 fully saturated rings. The Labute approximate surface area is 140 Å². The molecule has 0 aliphatic heterocycles. The van der Waals surface area contributed by atoms with Crippen LogP contribution in [-0.4, -0.2) is 27.7 Å². The van der Waals surface area contributed by atoms with Gasteiger partial charge in [0.05, 0.1) is 17.9 Å². The fourth-order valence-corrected chi connectivity index (χ4v) is 2.50. The van der Waals surface area contributed by atoms with Gasteiger partial charge in [-0.05, 0) is 25.1 Å². The first-order valence-electron chi connectivity index (χ1n) is 7.27. The highest BCUT2D eigenvalue weighted by molar-refractivity contribution is 6.04. The van der Waals surface area contributed by atoms with Crippen LogP contribution >= 0.6 is 0 Å². The first kappa shape index (κ1) is 18.5. The first-order chi connectivity index (χ1) is 11.6. The molecular weight excluding hydrogens is 341 g/mol. The zero-order valence-electron chi connectivity index (χ0n) is 13.7. The fourth-order valence-electron chi connectivity index (χ4n) is 2.50. The molecule has 2 aromatic rings. The molecule has 9 heteroatoms. The number of hydrogen-bond acceptors (Lipinski definition) is 4. The molecular formula is C16H15F3N2O4. The Morgan fingerprint density at radius 1 is 1.24 bits per heavy atom. The summed E-state index contributed by atoms with van der Waals surface area (Å²) in [6, 6.07) is 4.03. The van der Waals surface area contributed by atoms with Crippen LogP contribution in [0.3, 0.4) is 0 Å². The van der Waals surface area contributed by atoms with Gasteiger partial charge in [-0.25, -0.2) is 9.48 Å². The molecule has 0 saturated heterocycles. The molecule has 1 heterocycles. The van der Waals surface area contributed by atoms with Gasteiger partial charge in [0.1, 0.15) is 5.69 Å². The number of ketones is 1. The van der Waals surface area contributed by atoms with Gasteiger partial charge in [0.15, 0.2) is 11.3 Å². The molecule has 0 aliphatic carbocycles. The smallest absolute Gasteiger partial charge is 0.416 e. The summed E-state index contributed by atoms with van der Waals surface area (Å²) in [5.74, 6) is -1.59. The second kappa shape index (κ2) is 6.58. The van der Waals surface area contributed by atoms with E-state index in [1.807, 2.05) is 0 Å². The normalized spacial score (nSPS) is 11.4. The fraction of sp³-hybridized carbons (Fsp3) is 0.312. The van der Waals surface area contributed by atoms with Crippen LogP contribution in [0.4, 0.5) is 13.2 Å². The third kappa shape index (κ3) is 3.35. The Morgan fingerprint density at radius 2 is 1.88 bits per heavy atom. The van der Waals surface area contributed by atoms with Crippen LogP contribution in [0.25, 0.3) is 5.69 Å². The number of Topliss-reactive ketones (excluding diaryl/α,β-unsaturated/α-hetero) is 1. The van der Waals surface area contributed by atoms with Gasteiger partial charge in [0, 0.05) is 14.0 Å². The van der Waals surface area contributed by atoms with Gasteiger partial charge >= 0.3 is 12.1 Å². The Balaban J connectivity index is 2.76. The van der Waals surface area contributed by atoms with Crippen molar-refractivity contribution < 1.29 is 27.5 Å². The molecule has 134 valence electrons. The summed E-state index contributed by atoms with van der Waals surface area (Å²) in [4.78, 5) is 36.5. The van der Waals surface area contributed by atoms with Crippen LogP contribution in [-0.2, 0) is 18.0 Å². The number of hydrogen-bond donors (Lipinski definition) is 0. The number of halogens is 3. The van der Waals surface area contributed by atoms with E-state index >= 15 is 0 Å². The van der Waals surface area contributed by atoms with E-state index in [1.165, 1.54) is 20.0 Å². The molecule has 0 saturated carbocycles. The van der Waals surface area contributed by atoms with E-state index in [2.05, 4.69) is 0 Å². The van der Waals surface area contributed by atoms with Crippen molar-refractivity contribution in [3.8, 4) is 5.69 Å². The van der Waals surface area contributed by atoms with Crippen LogP contribution in [0.15, 0.2) is 29.1 Å². The molecule has 2 rings (SSSR count). The lowest BCUT2D eigenvalue weighted by atomic mass is 10.2. The molecule has 1 aromatic heterocycles. The molecule has 0 N–H and O–H groups in total. The van der Waals surface area contributed by atoms with E-state index in [9.17, 15) is 27.6 Å². The zero-order valence-corrected chi connectivity index (χ0v) is 13.7.